The second-order valence-corrected chi connectivity index (χ2v) is 19.5. The number of nitriles is 1. The highest BCUT2D eigenvalue weighted by Crippen LogP contribution is 2.43. The zero-order valence-electron chi connectivity index (χ0n) is 41.5. The Labute approximate surface area is 429 Å². The van der Waals surface area contributed by atoms with E-state index >= 15 is 0 Å². The Kier molecular flexibility index (Phi) is 10.7. The molecule has 3 aromatic heterocycles. The standard InChI is InChI=1S/C68H48N6/c1-42-31-43(2)34-52(33-42)48-24-28-63-58(37-48)55-19-11-13-21-61(55)73(63)54-27-23-51(41-69)57(40-54)60-39-50(68-71-66(46-15-7-5-8-16-46)70-67(72-68)47-17-9-6-10-18-47)26-30-65(60)74-62-22-14-12-20-56(62)59-38-49(25-29-64(59)74)53-35-44(3)32-45(4)36-53/h5-40H,1-4H3. The first kappa shape index (κ1) is 44.3. The number of nitrogens with zero attached hydrogens (tertiary/aromatic N) is 6. The molecule has 13 rings (SSSR count). The Bertz CT molecular complexity index is 4320. The highest BCUT2D eigenvalue weighted by Gasteiger charge is 2.23. The molecule has 0 amide bonds. The lowest BCUT2D eigenvalue weighted by atomic mass is 9.95. The van der Waals surface area contributed by atoms with E-state index in [0.29, 0.717) is 23.0 Å². The highest BCUT2D eigenvalue weighted by molar-refractivity contribution is 6.12. The van der Waals surface area contributed by atoms with Crippen LogP contribution in [0.4, 0.5) is 0 Å². The molecule has 0 unspecified atom stereocenters. The fourth-order valence-electron chi connectivity index (χ4n) is 11.1. The molecule has 0 aliphatic heterocycles. The maximum Gasteiger partial charge on any atom is 0.164 e. The van der Waals surface area contributed by atoms with Gasteiger partial charge in [0.05, 0.1) is 39.4 Å². The van der Waals surface area contributed by atoms with Gasteiger partial charge in [-0.25, -0.2) is 15.0 Å². The second kappa shape index (κ2) is 17.9. The zero-order chi connectivity index (χ0) is 50.0. The molecule has 0 spiro atoms. The summed E-state index contributed by atoms with van der Waals surface area (Å²) in [6.45, 7) is 8.62. The van der Waals surface area contributed by atoms with Crippen LogP contribution in [0.3, 0.4) is 0 Å². The molecule has 74 heavy (non-hydrogen) atoms. The summed E-state index contributed by atoms with van der Waals surface area (Å²) in [6.07, 6.45) is 0. The predicted octanol–water partition coefficient (Wildman–Crippen LogP) is 17.2. The molecule has 0 radical (unpaired) electrons. The summed E-state index contributed by atoms with van der Waals surface area (Å²) in [5.41, 5.74) is 20.6. The summed E-state index contributed by atoms with van der Waals surface area (Å²) in [5, 5.41) is 15.8. The van der Waals surface area contributed by atoms with E-state index in [1.807, 2.05) is 66.7 Å². The van der Waals surface area contributed by atoms with Crippen molar-refractivity contribution >= 4 is 43.6 Å². The number of aromatic nitrogens is 5. The third-order valence-corrected chi connectivity index (χ3v) is 14.3. The van der Waals surface area contributed by atoms with Crippen molar-refractivity contribution in [2.45, 2.75) is 27.7 Å². The minimum atomic E-state index is 0.530. The molecule has 3 heterocycles. The van der Waals surface area contributed by atoms with Crippen LogP contribution in [0.5, 0.6) is 0 Å². The molecule has 13 aromatic rings. The number of rotatable bonds is 8. The molecular weight excluding hydrogens is 901 g/mol. The van der Waals surface area contributed by atoms with Crippen LogP contribution in [0.25, 0.3) is 123 Å². The Hall–Kier alpha value is -9.70. The number of hydrogen-bond donors (Lipinski definition) is 0. The average Bonchev–Trinajstić information content (AvgIpc) is 3.95. The number of hydrogen-bond acceptors (Lipinski definition) is 4. The van der Waals surface area contributed by atoms with Crippen molar-refractivity contribution in [1.82, 2.24) is 24.1 Å². The monoisotopic (exact) mass is 948 g/mol. The molecule has 0 aliphatic rings. The summed E-state index contributed by atoms with van der Waals surface area (Å²) in [4.78, 5) is 15.4. The van der Waals surface area contributed by atoms with Crippen molar-refractivity contribution in [3.63, 3.8) is 0 Å². The number of para-hydroxylation sites is 2. The molecule has 0 bridgehead atoms. The van der Waals surface area contributed by atoms with Crippen LogP contribution in [-0.2, 0) is 0 Å². The molecular formula is C68H48N6. The first-order chi connectivity index (χ1) is 36.2. The molecule has 0 aliphatic carbocycles. The van der Waals surface area contributed by atoms with Gasteiger partial charge in [0.25, 0.3) is 0 Å². The molecule has 0 N–H and O–H groups in total. The summed E-state index contributed by atoms with van der Waals surface area (Å²) in [5.74, 6) is 1.69. The number of benzene rings is 10. The molecule has 0 saturated heterocycles. The van der Waals surface area contributed by atoms with Crippen LogP contribution >= 0.6 is 0 Å². The van der Waals surface area contributed by atoms with E-state index in [1.165, 1.54) is 38.9 Å². The van der Waals surface area contributed by atoms with Gasteiger partial charge in [0.15, 0.2) is 17.5 Å². The van der Waals surface area contributed by atoms with Crippen molar-refractivity contribution in [2.75, 3.05) is 0 Å². The fourth-order valence-corrected chi connectivity index (χ4v) is 11.1. The van der Waals surface area contributed by atoms with Crippen LogP contribution in [-0.4, -0.2) is 24.1 Å². The van der Waals surface area contributed by atoms with Crippen molar-refractivity contribution in [3.05, 3.63) is 246 Å². The Morgan fingerprint density at radius 1 is 0.324 bits per heavy atom. The van der Waals surface area contributed by atoms with Crippen LogP contribution in [0.15, 0.2) is 218 Å². The van der Waals surface area contributed by atoms with Gasteiger partial charge in [0.2, 0.25) is 0 Å². The molecule has 6 heteroatoms. The Balaban J connectivity index is 1.07. The maximum atomic E-state index is 11.2. The van der Waals surface area contributed by atoms with E-state index in [2.05, 4.69) is 195 Å². The summed E-state index contributed by atoms with van der Waals surface area (Å²) in [7, 11) is 0. The van der Waals surface area contributed by atoms with Gasteiger partial charge in [-0.2, -0.15) is 5.26 Å². The van der Waals surface area contributed by atoms with Gasteiger partial charge >= 0.3 is 0 Å². The first-order valence-corrected chi connectivity index (χ1v) is 25.0. The van der Waals surface area contributed by atoms with E-state index in [-0.39, 0.29) is 0 Å². The van der Waals surface area contributed by atoms with E-state index < -0.39 is 0 Å². The summed E-state index contributed by atoms with van der Waals surface area (Å²) in [6, 6.07) is 79.7. The van der Waals surface area contributed by atoms with Crippen molar-refractivity contribution in [2.24, 2.45) is 0 Å². The molecule has 0 atom stereocenters. The molecule has 6 nitrogen and oxygen atoms in total. The zero-order valence-corrected chi connectivity index (χ0v) is 41.5. The van der Waals surface area contributed by atoms with Gasteiger partial charge in [0, 0.05) is 55.0 Å². The van der Waals surface area contributed by atoms with Gasteiger partial charge < -0.3 is 9.13 Å². The third-order valence-electron chi connectivity index (χ3n) is 14.3. The normalized spacial score (nSPS) is 11.5. The van der Waals surface area contributed by atoms with Gasteiger partial charge in [-0.1, -0.05) is 168 Å². The lowest BCUT2D eigenvalue weighted by Gasteiger charge is -2.18. The Morgan fingerprint density at radius 2 is 0.770 bits per heavy atom. The maximum absolute atomic E-state index is 11.2. The molecule has 350 valence electrons. The van der Waals surface area contributed by atoms with Crippen molar-refractivity contribution < 1.29 is 0 Å². The molecule has 0 saturated carbocycles. The minimum Gasteiger partial charge on any atom is -0.309 e. The second-order valence-electron chi connectivity index (χ2n) is 19.5. The van der Waals surface area contributed by atoms with Crippen LogP contribution in [0.1, 0.15) is 27.8 Å². The first-order valence-electron chi connectivity index (χ1n) is 25.0. The lowest BCUT2D eigenvalue weighted by Crippen LogP contribution is -2.03. The van der Waals surface area contributed by atoms with Gasteiger partial charge in [0.1, 0.15) is 0 Å². The molecule has 0 fully saturated rings. The smallest absolute Gasteiger partial charge is 0.164 e. The topological polar surface area (TPSA) is 72.3 Å². The van der Waals surface area contributed by atoms with Crippen molar-refractivity contribution in [3.8, 4) is 85.0 Å². The van der Waals surface area contributed by atoms with Crippen LogP contribution in [0, 0.1) is 39.0 Å². The summed E-state index contributed by atoms with van der Waals surface area (Å²) >= 11 is 0. The van der Waals surface area contributed by atoms with E-state index in [4.69, 9.17) is 15.0 Å². The van der Waals surface area contributed by atoms with E-state index in [1.54, 1.807) is 0 Å². The average molecular weight is 949 g/mol. The number of fused-ring (bicyclic) bond motifs is 6. The van der Waals surface area contributed by atoms with Crippen molar-refractivity contribution in [1.29, 1.82) is 5.26 Å². The predicted molar refractivity (Wildman–Crippen MR) is 305 cm³/mol. The van der Waals surface area contributed by atoms with E-state index in [9.17, 15) is 5.26 Å². The van der Waals surface area contributed by atoms with Gasteiger partial charge in [-0.3, -0.25) is 0 Å². The largest absolute Gasteiger partial charge is 0.309 e. The summed E-state index contributed by atoms with van der Waals surface area (Å²) < 4.78 is 4.69. The fraction of sp³-hybridized carbons (Fsp3) is 0.0588. The number of aryl methyl sites for hydroxylation is 4. The van der Waals surface area contributed by atoms with Crippen LogP contribution < -0.4 is 0 Å². The SMILES string of the molecule is Cc1cc(C)cc(-c2ccc3c(c2)c2ccccc2n3-c2ccc(C#N)c(-c3cc(-c4nc(-c5ccccc5)nc(-c5ccccc5)n4)ccc3-n3c4ccccc4c4cc(-c5cc(C)cc(C)c5)ccc43)c2)c1. The van der Waals surface area contributed by atoms with Crippen LogP contribution in [0.2, 0.25) is 0 Å². The third kappa shape index (κ3) is 7.71. The molecule has 10 aromatic carbocycles. The van der Waals surface area contributed by atoms with Gasteiger partial charge in [-0.05, 0) is 123 Å². The van der Waals surface area contributed by atoms with Gasteiger partial charge in [-0.15, -0.1) is 0 Å². The minimum absolute atomic E-state index is 0.530. The highest BCUT2D eigenvalue weighted by atomic mass is 15.0. The Morgan fingerprint density at radius 3 is 1.30 bits per heavy atom. The quantitative estimate of drug-likeness (QED) is 0.152. The lowest BCUT2D eigenvalue weighted by molar-refractivity contribution is 1.07. The van der Waals surface area contributed by atoms with E-state index in [0.717, 1.165) is 88.4 Å².